The number of hydrogen-bond donors (Lipinski definition) is 0. The largest absolute Gasteiger partial charge is 0.348 e. The van der Waals surface area contributed by atoms with Gasteiger partial charge in [-0.3, -0.25) is 14.2 Å². The van der Waals surface area contributed by atoms with Gasteiger partial charge >= 0.3 is 0 Å². The molecule has 0 radical (unpaired) electrons. The molecule has 0 bridgehead atoms. The summed E-state index contributed by atoms with van der Waals surface area (Å²) in [6.07, 6.45) is 5.25. The van der Waals surface area contributed by atoms with E-state index in [0.717, 1.165) is 42.4 Å². The maximum atomic E-state index is 13.3. The highest BCUT2D eigenvalue weighted by atomic mass is 32.2. The first kappa shape index (κ1) is 20.4. The number of thiophene rings is 1. The molecule has 6 nitrogen and oxygen atoms in total. The van der Waals surface area contributed by atoms with Gasteiger partial charge in [-0.1, -0.05) is 11.8 Å². The van der Waals surface area contributed by atoms with Gasteiger partial charge in [0, 0.05) is 25.5 Å². The van der Waals surface area contributed by atoms with Crippen molar-refractivity contribution < 1.29 is 4.79 Å². The van der Waals surface area contributed by atoms with Gasteiger partial charge in [0.05, 0.1) is 11.1 Å². The fraction of sp³-hybridized carbons (Fsp3) is 0.632. The number of rotatable bonds is 7. The van der Waals surface area contributed by atoms with Crippen LogP contribution >= 0.6 is 23.1 Å². The quantitative estimate of drug-likeness (QED) is 0.520. The molecule has 0 N–H and O–H groups in total. The number of amides is 1. The fourth-order valence-electron chi connectivity index (χ4n) is 3.33. The van der Waals surface area contributed by atoms with Crippen LogP contribution in [0.15, 0.2) is 9.95 Å². The summed E-state index contributed by atoms with van der Waals surface area (Å²) in [4.78, 5) is 36.1. The van der Waals surface area contributed by atoms with Crippen LogP contribution in [0.5, 0.6) is 0 Å². The molecule has 0 fully saturated rings. The molecular weight excluding hydrogens is 380 g/mol. The Balaban J connectivity index is 1.99. The number of fused-ring (bicyclic) bond motifs is 3. The first-order valence-corrected chi connectivity index (χ1v) is 11.2. The molecule has 0 atom stereocenters. The van der Waals surface area contributed by atoms with Gasteiger partial charge in [-0.15, -0.1) is 11.3 Å². The van der Waals surface area contributed by atoms with Crippen LogP contribution in [0.3, 0.4) is 0 Å². The molecule has 1 aliphatic rings. The maximum absolute atomic E-state index is 13.3. The van der Waals surface area contributed by atoms with Gasteiger partial charge < -0.3 is 9.80 Å². The number of aromatic nitrogens is 2. The van der Waals surface area contributed by atoms with Gasteiger partial charge in [-0.05, 0) is 58.3 Å². The molecule has 2 heterocycles. The number of thioether (sulfide) groups is 1. The Labute approximate surface area is 168 Å². The van der Waals surface area contributed by atoms with Crippen LogP contribution in [0.1, 0.15) is 29.7 Å². The number of aryl methyl sites for hydroxylation is 2. The normalized spacial score (nSPS) is 14.0. The Morgan fingerprint density at radius 1 is 1.22 bits per heavy atom. The second kappa shape index (κ2) is 8.75. The minimum absolute atomic E-state index is 0.0275. The van der Waals surface area contributed by atoms with E-state index in [9.17, 15) is 9.59 Å². The molecule has 1 amide bonds. The molecule has 0 unspecified atom stereocenters. The summed E-state index contributed by atoms with van der Waals surface area (Å²) in [7, 11) is 7.56. The van der Waals surface area contributed by atoms with E-state index in [4.69, 9.17) is 4.98 Å². The van der Waals surface area contributed by atoms with E-state index in [1.165, 1.54) is 28.6 Å². The van der Waals surface area contributed by atoms with Crippen molar-refractivity contribution in [3.63, 3.8) is 0 Å². The molecule has 0 aliphatic heterocycles. The molecule has 8 heteroatoms. The van der Waals surface area contributed by atoms with Gasteiger partial charge in [-0.2, -0.15) is 0 Å². The average Bonchev–Trinajstić information content (AvgIpc) is 2.99. The van der Waals surface area contributed by atoms with Crippen molar-refractivity contribution in [1.82, 2.24) is 19.4 Å². The molecule has 2 aromatic heterocycles. The van der Waals surface area contributed by atoms with Gasteiger partial charge in [0.25, 0.3) is 5.56 Å². The predicted octanol–water partition coefficient (Wildman–Crippen LogP) is 2.47. The highest BCUT2D eigenvalue weighted by Gasteiger charge is 2.22. The van der Waals surface area contributed by atoms with Crippen LogP contribution in [-0.4, -0.2) is 65.7 Å². The zero-order chi connectivity index (χ0) is 19.6. The van der Waals surface area contributed by atoms with E-state index in [1.807, 2.05) is 14.1 Å². The van der Waals surface area contributed by atoms with Crippen molar-refractivity contribution in [2.24, 2.45) is 0 Å². The molecule has 0 aromatic carbocycles. The van der Waals surface area contributed by atoms with Crippen LogP contribution in [0.25, 0.3) is 10.2 Å². The van der Waals surface area contributed by atoms with Crippen LogP contribution in [0, 0.1) is 0 Å². The Morgan fingerprint density at radius 3 is 2.67 bits per heavy atom. The zero-order valence-electron chi connectivity index (χ0n) is 16.6. The third-order valence-electron chi connectivity index (χ3n) is 4.85. The molecular formula is C19H28N4O2S2. The van der Waals surface area contributed by atoms with Crippen molar-refractivity contribution in [1.29, 1.82) is 0 Å². The number of carbonyl (C=O) groups excluding carboxylic acids is 1. The first-order valence-electron chi connectivity index (χ1n) is 9.41. The van der Waals surface area contributed by atoms with Crippen LogP contribution in [-0.2, 0) is 24.2 Å². The second-order valence-electron chi connectivity index (χ2n) is 7.48. The molecule has 0 saturated carbocycles. The summed E-state index contributed by atoms with van der Waals surface area (Å²) in [5.41, 5.74) is 1.29. The van der Waals surface area contributed by atoms with Crippen LogP contribution in [0.4, 0.5) is 0 Å². The van der Waals surface area contributed by atoms with E-state index in [2.05, 4.69) is 4.90 Å². The molecule has 3 rings (SSSR count). The minimum Gasteiger partial charge on any atom is -0.348 e. The Morgan fingerprint density at radius 2 is 1.96 bits per heavy atom. The molecule has 148 valence electrons. The lowest BCUT2D eigenvalue weighted by molar-refractivity contribution is -0.125. The maximum Gasteiger partial charge on any atom is 0.263 e. The van der Waals surface area contributed by atoms with Crippen molar-refractivity contribution in [2.45, 2.75) is 43.8 Å². The molecule has 0 saturated heterocycles. The van der Waals surface area contributed by atoms with Crippen molar-refractivity contribution in [2.75, 3.05) is 40.5 Å². The standard InChI is InChI=1S/C19H28N4O2S2/c1-21(2)10-7-11-23-18(25)16-13-8-5-6-9-14(13)27-17(16)20-19(23)26-12-15(24)22(3)4/h5-12H2,1-4H3. The lowest BCUT2D eigenvalue weighted by Gasteiger charge is -2.15. The Hall–Kier alpha value is -1.38. The van der Waals surface area contributed by atoms with Crippen molar-refractivity contribution >= 4 is 39.2 Å². The summed E-state index contributed by atoms with van der Waals surface area (Å²) in [5.74, 6) is 0.323. The minimum atomic E-state index is 0.0275. The highest BCUT2D eigenvalue weighted by Crippen LogP contribution is 2.34. The monoisotopic (exact) mass is 408 g/mol. The van der Waals surface area contributed by atoms with Crippen LogP contribution in [0.2, 0.25) is 0 Å². The summed E-state index contributed by atoms with van der Waals surface area (Å²) < 4.78 is 1.79. The first-order chi connectivity index (χ1) is 12.9. The lowest BCUT2D eigenvalue weighted by atomic mass is 9.97. The predicted molar refractivity (Wildman–Crippen MR) is 113 cm³/mol. The molecule has 0 spiro atoms. The second-order valence-corrected chi connectivity index (χ2v) is 9.50. The Bertz CT molecular complexity index is 886. The zero-order valence-corrected chi connectivity index (χ0v) is 18.2. The van der Waals surface area contributed by atoms with Gasteiger partial charge in [0.2, 0.25) is 5.91 Å². The molecule has 27 heavy (non-hydrogen) atoms. The number of carbonyl (C=O) groups is 1. The van der Waals surface area contributed by atoms with Gasteiger partial charge in [-0.25, -0.2) is 4.98 Å². The van der Waals surface area contributed by atoms with Crippen molar-refractivity contribution in [3.05, 3.63) is 20.8 Å². The lowest BCUT2D eigenvalue weighted by Crippen LogP contribution is -2.27. The van der Waals surface area contributed by atoms with Gasteiger partial charge in [0.15, 0.2) is 5.16 Å². The summed E-state index contributed by atoms with van der Waals surface area (Å²) in [6, 6.07) is 0. The van der Waals surface area contributed by atoms with Gasteiger partial charge in [0.1, 0.15) is 4.83 Å². The van der Waals surface area contributed by atoms with Crippen molar-refractivity contribution in [3.8, 4) is 0 Å². The molecule has 1 aliphatic carbocycles. The van der Waals surface area contributed by atoms with Crippen LogP contribution < -0.4 is 5.56 Å². The highest BCUT2D eigenvalue weighted by molar-refractivity contribution is 7.99. The SMILES string of the molecule is CN(C)CCCn1c(SCC(=O)N(C)C)nc2sc3c(c2c1=O)CCCC3. The van der Waals surface area contributed by atoms with E-state index < -0.39 is 0 Å². The Kier molecular flexibility index (Phi) is 6.60. The summed E-state index contributed by atoms with van der Waals surface area (Å²) in [6.45, 7) is 1.54. The summed E-state index contributed by atoms with van der Waals surface area (Å²) in [5, 5.41) is 1.49. The van der Waals surface area contributed by atoms with E-state index in [-0.39, 0.29) is 11.5 Å². The number of nitrogens with zero attached hydrogens (tertiary/aromatic N) is 4. The third kappa shape index (κ3) is 4.55. The third-order valence-corrected chi connectivity index (χ3v) is 7.00. The average molecular weight is 409 g/mol. The van der Waals surface area contributed by atoms with E-state index in [0.29, 0.717) is 17.5 Å². The summed E-state index contributed by atoms with van der Waals surface area (Å²) >= 11 is 3.04. The van der Waals surface area contributed by atoms with E-state index in [1.54, 1.807) is 34.9 Å². The topological polar surface area (TPSA) is 58.4 Å². The number of hydrogen-bond acceptors (Lipinski definition) is 6. The smallest absolute Gasteiger partial charge is 0.263 e. The molecule has 2 aromatic rings. The van der Waals surface area contributed by atoms with E-state index >= 15 is 0 Å². The fourth-order valence-corrected chi connectivity index (χ4v) is 5.63.